The summed E-state index contributed by atoms with van der Waals surface area (Å²) in [5, 5.41) is 0. The highest BCUT2D eigenvalue weighted by Crippen LogP contribution is 2.20. The Hall–Kier alpha value is -10.7. The van der Waals surface area contributed by atoms with E-state index in [4.69, 9.17) is 0 Å². The number of likely N-dealkylation sites (N-methyl/N-ethyl adjacent to an activating group) is 2. The predicted molar refractivity (Wildman–Crippen MR) is 432 cm³/mol. The molecule has 0 unspecified atom stereocenters. The van der Waals surface area contributed by atoms with Crippen LogP contribution < -0.4 is 24.2 Å². The molecular formula is C79H129N18O10+. The number of pyridine rings is 1. The lowest BCUT2D eigenvalue weighted by Gasteiger charge is -2.30. The summed E-state index contributed by atoms with van der Waals surface area (Å²) in [6, 6.07) is 44.5. The fraction of sp³-hybridized carbons (Fsp3) is 0.506. The van der Waals surface area contributed by atoms with Gasteiger partial charge in [0.1, 0.15) is 0 Å². The maximum Gasteiger partial charge on any atom is 0.497 e. The summed E-state index contributed by atoms with van der Waals surface area (Å²) in [7, 11) is 31.6. The van der Waals surface area contributed by atoms with Crippen LogP contribution in [0, 0.1) is 0 Å². The van der Waals surface area contributed by atoms with E-state index in [1.54, 1.807) is 150 Å². The molecule has 5 heterocycles. The number of anilines is 4. The number of carbonyl (C=O) groups is 10. The second-order valence-corrected chi connectivity index (χ2v) is 26.1. The molecule has 0 spiro atoms. The first kappa shape index (κ1) is 96.3. The van der Waals surface area contributed by atoms with E-state index in [0.29, 0.717) is 0 Å². The van der Waals surface area contributed by atoms with Gasteiger partial charge in [0.2, 0.25) is 12.3 Å². The number of hydrogen-bond acceptors (Lipinski definition) is 10. The molecule has 0 atom stereocenters. The molecule has 9 rings (SSSR count). The Bertz CT molecular complexity index is 3030. The second-order valence-electron chi connectivity index (χ2n) is 26.1. The molecule has 5 aromatic rings. The summed E-state index contributed by atoms with van der Waals surface area (Å²) in [5.41, 5.74) is 3.52. The number of amides is 17. The van der Waals surface area contributed by atoms with E-state index in [1.165, 1.54) is 61.7 Å². The lowest BCUT2D eigenvalue weighted by molar-refractivity contribution is -0.577. The molecule has 1 aromatic heterocycles. The van der Waals surface area contributed by atoms with Crippen LogP contribution >= 0.6 is 0 Å². The maximum atomic E-state index is 12.3. The van der Waals surface area contributed by atoms with Crippen molar-refractivity contribution in [1.82, 2.24) is 63.7 Å². The van der Waals surface area contributed by atoms with Gasteiger partial charge in [0.25, 0.3) is 0 Å². The molecular weight excluding hydrogens is 1360 g/mol. The first-order valence-electron chi connectivity index (χ1n) is 36.2. The molecule has 28 nitrogen and oxygen atoms in total. The van der Waals surface area contributed by atoms with Crippen LogP contribution in [0.4, 0.5) is 61.1 Å². The third kappa shape index (κ3) is 37.7. The summed E-state index contributed by atoms with van der Waals surface area (Å²) in [6.45, 7) is 20.2. The third-order valence-electron chi connectivity index (χ3n) is 16.5. The Morgan fingerprint density at radius 2 is 0.607 bits per heavy atom. The van der Waals surface area contributed by atoms with E-state index in [1.807, 2.05) is 215 Å². The normalized spacial score (nSPS) is 12.7. The van der Waals surface area contributed by atoms with Gasteiger partial charge < -0.3 is 58.8 Å². The average Bonchev–Trinajstić information content (AvgIpc) is 1.65. The largest absolute Gasteiger partial charge is 0.497 e. The van der Waals surface area contributed by atoms with Gasteiger partial charge in [0.15, 0.2) is 0 Å². The number of benzene rings is 4. The fourth-order valence-corrected chi connectivity index (χ4v) is 9.67. The number of carbonyl (C=O) groups excluding carboxylic acids is 10. The van der Waals surface area contributed by atoms with E-state index in [9.17, 15) is 47.9 Å². The zero-order valence-corrected chi connectivity index (χ0v) is 68.7. The van der Waals surface area contributed by atoms with Crippen LogP contribution in [0.5, 0.6) is 0 Å². The van der Waals surface area contributed by atoms with Gasteiger partial charge in [-0.25, -0.2) is 38.5 Å². The van der Waals surface area contributed by atoms with Crippen molar-refractivity contribution < 1.29 is 52.5 Å². The van der Waals surface area contributed by atoms with Gasteiger partial charge in [-0.15, -0.1) is 0 Å². The number of urea groups is 7. The number of hydrogen-bond donors (Lipinski definition) is 0. The molecule has 4 aliphatic rings. The van der Waals surface area contributed by atoms with Crippen LogP contribution in [0.3, 0.4) is 0 Å². The summed E-state index contributed by atoms with van der Waals surface area (Å²) >= 11 is 0. The number of para-hydroxylation sites is 4. The second kappa shape index (κ2) is 54.0. The van der Waals surface area contributed by atoms with Crippen LogP contribution in [-0.2, 0) is 9.59 Å². The van der Waals surface area contributed by atoms with Gasteiger partial charge in [0, 0.05) is 221 Å². The van der Waals surface area contributed by atoms with Crippen molar-refractivity contribution in [3.8, 4) is 0 Å². The summed E-state index contributed by atoms with van der Waals surface area (Å²) in [5.74, 6) is 0.0926. The van der Waals surface area contributed by atoms with E-state index in [0.717, 1.165) is 114 Å². The molecule has 0 N–H and O–H groups in total. The topological polar surface area (TPSA) is 230 Å². The molecule has 17 amide bonds. The van der Waals surface area contributed by atoms with E-state index < -0.39 is 0 Å². The molecule has 107 heavy (non-hydrogen) atoms. The standard InChI is InChI=1S/2C15H16N2O.C9H16N2O.C9H20N2O.C8H11N2O.C6H12N2O.C5H10N2O.C5H12N2O.C4H9NO.C3H7NO/c2*1-16(13-9-5-3-6-10-13)15(18)17(2)14-11-7-4-8-12-14;12-9(10-5-1-2-6-10)11-7-3-4-8-11;1-5-10(6-2)9(12)11(7-3)8-4;1-9(2)8(11)10-6-4-3-5-7-10;1-7-4-3-5-8(2)6(7)9;1-6-3-4-7(2)5(6)8;1-6(2)5(8)7(3)4;1-4(6)5(2)3;1-4(2)3-5/h2*3-12H,1-2H3;1-8H2;5-8H2,1-4H3;3-7H,1-2H3;3-5H2,1-2H3;3-4H2,1-2H3;1-4H3;1-3H3;3H,1-2H3/q;;;;+1;;;;;. The van der Waals surface area contributed by atoms with Crippen molar-refractivity contribution in [3.63, 3.8) is 0 Å². The van der Waals surface area contributed by atoms with Crippen molar-refractivity contribution in [1.29, 1.82) is 0 Å². The van der Waals surface area contributed by atoms with Crippen molar-refractivity contribution >= 4 is 83.3 Å². The van der Waals surface area contributed by atoms with E-state index in [2.05, 4.69) is 0 Å². The van der Waals surface area contributed by atoms with Crippen molar-refractivity contribution in [2.75, 3.05) is 225 Å². The van der Waals surface area contributed by atoms with Crippen LogP contribution in [0.15, 0.2) is 152 Å². The zero-order chi connectivity index (χ0) is 81.3. The van der Waals surface area contributed by atoms with Gasteiger partial charge in [-0.1, -0.05) is 78.9 Å². The smallest absolute Gasteiger partial charge is 0.351 e. The van der Waals surface area contributed by atoms with Gasteiger partial charge >= 0.3 is 48.2 Å². The first-order chi connectivity index (χ1) is 50.6. The molecule has 0 bridgehead atoms. The van der Waals surface area contributed by atoms with Gasteiger partial charge in [0.05, 0.1) is 26.5 Å². The highest BCUT2D eigenvalue weighted by atomic mass is 16.2. The fourth-order valence-electron chi connectivity index (χ4n) is 9.67. The van der Waals surface area contributed by atoms with E-state index in [-0.39, 0.29) is 54.2 Å². The molecule has 0 radical (unpaired) electrons. The van der Waals surface area contributed by atoms with Crippen LogP contribution in [0.25, 0.3) is 0 Å². The molecule has 4 aromatic carbocycles. The van der Waals surface area contributed by atoms with Gasteiger partial charge in [-0.2, -0.15) is 9.36 Å². The summed E-state index contributed by atoms with van der Waals surface area (Å²) in [6.07, 6.45) is 10.1. The zero-order valence-electron chi connectivity index (χ0n) is 68.7. The van der Waals surface area contributed by atoms with Crippen molar-refractivity contribution in [2.24, 2.45) is 0 Å². The van der Waals surface area contributed by atoms with Crippen molar-refractivity contribution in [2.45, 2.75) is 66.7 Å². The minimum Gasteiger partial charge on any atom is -0.351 e. The van der Waals surface area contributed by atoms with Crippen molar-refractivity contribution in [3.05, 3.63) is 152 Å². The minimum atomic E-state index is -0.0626. The number of rotatable bonds is 9. The van der Waals surface area contributed by atoms with Gasteiger partial charge in [-0.3, -0.25) is 29.2 Å². The highest BCUT2D eigenvalue weighted by Gasteiger charge is 2.26. The predicted octanol–water partition coefficient (Wildman–Crippen LogP) is 10.7. The summed E-state index contributed by atoms with van der Waals surface area (Å²) in [4.78, 5) is 140. The van der Waals surface area contributed by atoms with E-state index >= 15 is 0 Å². The van der Waals surface area contributed by atoms with Crippen LogP contribution in [0.1, 0.15) is 66.7 Å². The lowest BCUT2D eigenvalue weighted by atomic mass is 10.3. The molecule has 594 valence electrons. The Balaban J connectivity index is 0.00000119. The SMILES string of the molecule is CC(=O)N(C)C.CCN(CC)C(=O)N(CC)CC.CN(C(=O)N(C)c1ccccc1)c1ccccc1.CN(C(=O)N(C)c1ccccc1)c1ccccc1.CN(C)C(=O)N(C)C.CN(C)C(=O)[n+]1ccccc1.CN(C)C=O.CN1CCCN(C)C1=O.CN1CCN(C)C1=O.O=C(N1CCCC1)N1CCCC1. The monoisotopic (exact) mass is 1490 g/mol. The Labute approximate surface area is 640 Å². The maximum absolute atomic E-state index is 12.3. The third-order valence-corrected chi connectivity index (χ3v) is 16.5. The molecule has 4 fully saturated rings. The average molecular weight is 1490 g/mol. The Morgan fingerprint density at radius 1 is 0.355 bits per heavy atom. The molecule has 0 saturated carbocycles. The van der Waals surface area contributed by atoms with Crippen LogP contribution in [0.2, 0.25) is 0 Å². The molecule has 28 heteroatoms. The molecule has 4 saturated heterocycles. The number of likely N-dealkylation sites (tertiary alicyclic amines) is 2. The number of aromatic nitrogens is 1. The quantitative estimate of drug-likeness (QED) is 0.100. The van der Waals surface area contributed by atoms with Crippen LogP contribution in [-0.4, -0.2) is 330 Å². The number of nitrogens with zero attached hydrogens (tertiary/aromatic N) is 18. The highest BCUT2D eigenvalue weighted by molar-refractivity contribution is 6.03. The first-order valence-corrected chi connectivity index (χ1v) is 36.2. The Kier molecular flexibility index (Phi) is 48.6. The molecule has 4 aliphatic heterocycles. The summed E-state index contributed by atoms with van der Waals surface area (Å²) < 4.78 is 1.53. The minimum absolute atomic E-state index is 0.0185. The van der Waals surface area contributed by atoms with Gasteiger partial charge in [-0.05, 0) is 120 Å². The molecule has 0 aliphatic carbocycles. The Morgan fingerprint density at radius 3 is 0.804 bits per heavy atom. The lowest BCUT2D eigenvalue weighted by Crippen LogP contribution is -2.48.